The fraction of sp³-hybridized carbons (Fsp3) is 0.500. The van der Waals surface area contributed by atoms with Crippen LogP contribution in [0.4, 0.5) is 0 Å². The van der Waals surface area contributed by atoms with E-state index in [1.807, 2.05) is 53.1 Å². The monoisotopic (exact) mass is 621 g/mol. The van der Waals surface area contributed by atoms with Gasteiger partial charge in [-0.1, -0.05) is 17.3 Å². The summed E-state index contributed by atoms with van der Waals surface area (Å²) < 4.78 is 0. The Morgan fingerprint density at radius 2 is 1.57 bits per heavy atom. The molecule has 0 spiro atoms. The van der Waals surface area contributed by atoms with Crippen molar-refractivity contribution in [1.82, 2.24) is 40.6 Å². The highest BCUT2D eigenvalue weighted by Gasteiger charge is 2.46. The average Bonchev–Trinajstić information content (AvgIpc) is 3.71. The second-order valence-corrected chi connectivity index (χ2v) is 13.0. The summed E-state index contributed by atoms with van der Waals surface area (Å²) in [5, 5.41) is 28.7. The largest absolute Gasteiger partial charge is 0.339 e. The Bertz CT molecular complexity index is 1610. The zero-order chi connectivity index (χ0) is 31.8. The van der Waals surface area contributed by atoms with E-state index in [9.17, 15) is 19.6 Å². The lowest BCUT2D eigenvalue weighted by atomic mass is 9.67. The van der Waals surface area contributed by atoms with Crippen LogP contribution in [0.3, 0.4) is 0 Å². The number of carbonyl (C=O) groups excluding carboxylic acids is 3. The predicted octanol–water partition coefficient (Wildman–Crippen LogP) is 2.21. The van der Waals surface area contributed by atoms with Crippen molar-refractivity contribution in [2.75, 3.05) is 39.3 Å². The molecule has 2 N–H and O–H groups in total. The summed E-state index contributed by atoms with van der Waals surface area (Å²) in [6, 6.07) is 13.6. The molecule has 7 rings (SSSR count). The number of nitriles is 1. The number of nitrogens with zero attached hydrogens (tertiary/aromatic N) is 7. The Kier molecular flexibility index (Phi) is 8.02. The molecule has 0 radical (unpaired) electrons. The van der Waals surface area contributed by atoms with Crippen LogP contribution in [0.15, 0.2) is 36.4 Å². The highest BCUT2D eigenvalue weighted by Crippen LogP contribution is 2.47. The van der Waals surface area contributed by atoms with Crippen LogP contribution >= 0.6 is 0 Å². The van der Waals surface area contributed by atoms with Crippen LogP contribution in [0.1, 0.15) is 87.8 Å². The zero-order valence-corrected chi connectivity index (χ0v) is 26.2. The minimum atomic E-state index is -0.886. The van der Waals surface area contributed by atoms with Crippen molar-refractivity contribution in [3.63, 3.8) is 0 Å². The quantitative estimate of drug-likeness (QED) is 0.389. The molecule has 2 atom stereocenters. The van der Waals surface area contributed by atoms with Gasteiger partial charge in [-0.2, -0.15) is 10.5 Å². The molecule has 3 amide bonds. The van der Waals surface area contributed by atoms with E-state index >= 15 is 0 Å². The van der Waals surface area contributed by atoms with Gasteiger partial charge in [0.2, 0.25) is 5.91 Å². The smallest absolute Gasteiger partial charge is 0.253 e. The molecule has 1 aromatic heterocycles. The Balaban J connectivity index is 1.28. The first kappa shape index (κ1) is 30.0. The summed E-state index contributed by atoms with van der Waals surface area (Å²) in [5.74, 6) is 0.475. The maximum atomic E-state index is 13.3. The number of benzene rings is 2. The fourth-order valence-electron chi connectivity index (χ4n) is 7.51. The lowest BCUT2D eigenvalue weighted by Crippen LogP contribution is -2.45. The summed E-state index contributed by atoms with van der Waals surface area (Å²) in [7, 11) is 0. The molecule has 1 aliphatic carbocycles. The minimum absolute atomic E-state index is 0.0366. The maximum Gasteiger partial charge on any atom is 0.253 e. The number of nitrogens with one attached hydrogen (secondary N) is 2. The number of aromatic amines is 1. The van der Waals surface area contributed by atoms with E-state index in [4.69, 9.17) is 0 Å². The van der Waals surface area contributed by atoms with Gasteiger partial charge in [0.05, 0.1) is 18.0 Å². The number of fused-ring (bicyclic) bond motifs is 2. The first-order valence-corrected chi connectivity index (χ1v) is 16.4. The molecule has 46 heavy (non-hydrogen) atoms. The number of tetrazole rings is 1. The summed E-state index contributed by atoms with van der Waals surface area (Å²) in [6.07, 6.45) is 5.42. The van der Waals surface area contributed by atoms with E-state index in [1.165, 1.54) is 0 Å². The van der Waals surface area contributed by atoms with E-state index in [2.05, 4.69) is 32.0 Å². The van der Waals surface area contributed by atoms with Crippen LogP contribution < -0.4 is 5.32 Å². The molecule has 3 aromatic rings. The van der Waals surface area contributed by atoms with Gasteiger partial charge in [-0.15, -0.1) is 10.2 Å². The number of carbonyl (C=O) groups is 3. The summed E-state index contributed by atoms with van der Waals surface area (Å²) in [4.78, 5) is 45.1. The molecule has 4 aliphatic rings. The van der Waals surface area contributed by atoms with E-state index in [-0.39, 0.29) is 36.3 Å². The van der Waals surface area contributed by atoms with Crippen molar-refractivity contribution in [2.45, 2.75) is 69.4 Å². The molecule has 0 bridgehead atoms. The van der Waals surface area contributed by atoms with Crippen molar-refractivity contribution in [3.05, 3.63) is 75.6 Å². The van der Waals surface area contributed by atoms with Gasteiger partial charge in [-0.3, -0.25) is 14.4 Å². The third-order valence-electron chi connectivity index (χ3n) is 10.2. The van der Waals surface area contributed by atoms with Crippen LogP contribution in [0.2, 0.25) is 0 Å². The van der Waals surface area contributed by atoms with Crippen LogP contribution in [0.25, 0.3) is 0 Å². The second kappa shape index (κ2) is 12.3. The number of amides is 3. The average molecular weight is 622 g/mol. The van der Waals surface area contributed by atoms with Crippen molar-refractivity contribution in [2.24, 2.45) is 0 Å². The molecular formula is C34H39N9O3. The number of H-pyrrole nitrogens is 1. The van der Waals surface area contributed by atoms with Gasteiger partial charge >= 0.3 is 0 Å². The first-order chi connectivity index (χ1) is 22.4. The standard InChI is InChI=1S/C34H39N9O3/c1-22(36-21-30(44)43-16-2-5-27(43)20-35)19-34(33-37-39-40-38-33)28-10-8-25(31(45)41-12-3-13-41)17-23(28)6-7-24-18-26(9-11-29(24)34)32(46)42-14-4-15-42/h8-11,17-18,22,27,36H,2-7,12-16,19,21H2,1H3,(H,37,38,39,40)/t22-,27?/m1/s1. The SMILES string of the molecule is C[C@H](CC1(c2nn[nH]n2)c2ccc(C(=O)N3CCC3)cc2CCc2cc(C(=O)N3CCC3)ccc21)NCC(=O)N1CCCC1C#N. The van der Waals surface area contributed by atoms with Gasteiger partial charge in [-0.25, -0.2) is 0 Å². The Labute approximate surface area is 268 Å². The van der Waals surface area contributed by atoms with Crippen LogP contribution in [0.5, 0.6) is 0 Å². The van der Waals surface area contributed by atoms with Crippen LogP contribution in [-0.4, -0.2) is 104 Å². The van der Waals surface area contributed by atoms with E-state index in [0.29, 0.717) is 49.2 Å². The molecule has 1 unspecified atom stereocenters. The highest BCUT2D eigenvalue weighted by molar-refractivity contribution is 5.96. The first-order valence-electron chi connectivity index (χ1n) is 16.4. The van der Waals surface area contributed by atoms with Gasteiger partial charge in [0.25, 0.3) is 11.8 Å². The molecular weight excluding hydrogens is 582 g/mol. The number of hydrogen-bond acceptors (Lipinski definition) is 8. The predicted molar refractivity (Wildman–Crippen MR) is 168 cm³/mol. The summed E-state index contributed by atoms with van der Waals surface area (Å²) in [5.41, 5.74) is 4.46. The summed E-state index contributed by atoms with van der Waals surface area (Å²) in [6.45, 7) is 5.83. The van der Waals surface area contributed by atoms with E-state index < -0.39 is 5.41 Å². The molecule has 3 saturated heterocycles. The van der Waals surface area contributed by atoms with Crippen molar-refractivity contribution < 1.29 is 14.4 Å². The number of likely N-dealkylation sites (tertiary alicyclic amines) is 3. The number of aromatic nitrogens is 4. The van der Waals surface area contributed by atoms with Gasteiger partial charge < -0.3 is 20.0 Å². The number of aryl methyl sites for hydroxylation is 2. The normalized spacial score (nSPS) is 20.4. The maximum absolute atomic E-state index is 13.3. The fourth-order valence-corrected chi connectivity index (χ4v) is 7.51. The highest BCUT2D eigenvalue weighted by atomic mass is 16.2. The molecule has 4 heterocycles. The molecule has 0 saturated carbocycles. The summed E-state index contributed by atoms with van der Waals surface area (Å²) >= 11 is 0. The van der Waals surface area contributed by atoms with Gasteiger partial charge in [0.1, 0.15) is 6.04 Å². The van der Waals surface area contributed by atoms with Crippen molar-refractivity contribution in [3.8, 4) is 6.07 Å². The Morgan fingerprint density at radius 3 is 2.07 bits per heavy atom. The van der Waals surface area contributed by atoms with Gasteiger partial charge in [0.15, 0.2) is 5.82 Å². The molecule has 12 nitrogen and oxygen atoms in total. The molecule has 2 aromatic carbocycles. The van der Waals surface area contributed by atoms with Crippen molar-refractivity contribution in [1.29, 1.82) is 5.26 Å². The van der Waals surface area contributed by atoms with E-state index in [1.54, 1.807) is 4.90 Å². The van der Waals surface area contributed by atoms with Crippen LogP contribution in [0, 0.1) is 11.3 Å². The molecule has 3 aliphatic heterocycles. The molecule has 238 valence electrons. The third-order valence-corrected chi connectivity index (χ3v) is 10.2. The molecule has 12 heteroatoms. The van der Waals surface area contributed by atoms with Gasteiger partial charge in [-0.05, 0) is 98.4 Å². The minimum Gasteiger partial charge on any atom is -0.339 e. The third kappa shape index (κ3) is 5.22. The topological polar surface area (TPSA) is 151 Å². The lowest BCUT2D eigenvalue weighted by Gasteiger charge is -2.37. The lowest BCUT2D eigenvalue weighted by molar-refractivity contribution is -0.130. The number of rotatable bonds is 8. The van der Waals surface area contributed by atoms with E-state index in [0.717, 1.165) is 67.7 Å². The Morgan fingerprint density at radius 1 is 0.957 bits per heavy atom. The second-order valence-electron chi connectivity index (χ2n) is 13.0. The zero-order valence-electron chi connectivity index (χ0n) is 26.2. The van der Waals surface area contributed by atoms with Crippen molar-refractivity contribution >= 4 is 17.7 Å². The van der Waals surface area contributed by atoms with Crippen LogP contribution in [-0.2, 0) is 23.1 Å². The number of hydrogen-bond donors (Lipinski definition) is 2. The van der Waals surface area contributed by atoms with Gasteiger partial charge in [0, 0.05) is 49.9 Å². The molecule has 3 fully saturated rings. The Hall–Kier alpha value is -4.63.